The van der Waals surface area contributed by atoms with E-state index < -0.39 is 17.7 Å². The Morgan fingerprint density at radius 3 is 1.66 bits per heavy atom. The fourth-order valence-corrected chi connectivity index (χ4v) is 4.74. The van der Waals surface area contributed by atoms with Crippen LogP contribution in [0.15, 0.2) is 126 Å². The third-order valence-corrected chi connectivity index (χ3v) is 6.61. The van der Waals surface area contributed by atoms with Crippen LogP contribution in [-0.4, -0.2) is 11.8 Å². The molecule has 176 valence electrons. The molecule has 0 radical (unpaired) electrons. The minimum Gasteiger partial charge on any atom is -0.247 e. The molecule has 0 spiro atoms. The van der Waals surface area contributed by atoms with Gasteiger partial charge in [-0.15, -0.1) is 0 Å². The number of anilines is 1. The van der Waals surface area contributed by atoms with Gasteiger partial charge in [-0.25, -0.2) is 9.90 Å². The van der Waals surface area contributed by atoms with E-state index in [0.29, 0.717) is 28.1 Å². The molecule has 1 atom stereocenters. The van der Waals surface area contributed by atoms with E-state index in [2.05, 4.69) is 15.9 Å². The van der Waals surface area contributed by atoms with Crippen molar-refractivity contribution < 1.29 is 18.0 Å². The Bertz CT molecular complexity index is 1270. The molecule has 0 saturated heterocycles. The van der Waals surface area contributed by atoms with Crippen LogP contribution in [0.25, 0.3) is 5.70 Å². The first kappa shape index (κ1) is 23.4. The first-order valence-electron chi connectivity index (χ1n) is 11.1. The number of rotatable bonds is 5. The van der Waals surface area contributed by atoms with E-state index in [1.807, 2.05) is 6.07 Å². The van der Waals surface area contributed by atoms with Gasteiger partial charge in [-0.1, -0.05) is 107 Å². The smallest absolute Gasteiger partial charge is 0.247 e. The molecular formula is C29H21BrF3NO. The van der Waals surface area contributed by atoms with Crippen molar-refractivity contribution in [1.29, 1.82) is 0 Å². The summed E-state index contributed by atoms with van der Waals surface area (Å²) in [5.41, 5.74) is -0.170. The van der Waals surface area contributed by atoms with Crippen LogP contribution in [0.4, 0.5) is 18.9 Å². The normalized spacial score (nSPS) is 18.1. The molecule has 0 bridgehead atoms. The van der Waals surface area contributed by atoms with Gasteiger partial charge >= 0.3 is 6.18 Å². The van der Waals surface area contributed by atoms with E-state index in [1.165, 1.54) is 11.1 Å². The molecular weight excluding hydrogens is 515 g/mol. The maximum atomic E-state index is 15.3. The highest BCUT2D eigenvalue weighted by atomic mass is 79.9. The molecule has 1 aliphatic heterocycles. The van der Waals surface area contributed by atoms with Gasteiger partial charge in [0, 0.05) is 10.0 Å². The maximum Gasteiger partial charge on any atom is 0.424 e. The van der Waals surface area contributed by atoms with Gasteiger partial charge in [0.25, 0.3) is 0 Å². The first-order valence-corrected chi connectivity index (χ1v) is 11.9. The second-order valence-electron chi connectivity index (χ2n) is 8.30. The number of alkyl halides is 3. The first-order chi connectivity index (χ1) is 16.9. The van der Waals surface area contributed by atoms with E-state index in [0.717, 1.165) is 4.47 Å². The average Bonchev–Trinajstić information content (AvgIpc) is 3.28. The van der Waals surface area contributed by atoms with Crippen molar-refractivity contribution in [3.8, 4) is 0 Å². The Labute approximate surface area is 210 Å². The molecule has 35 heavy (non-hydrogen) atoms. The second kappa shape index (κ2) is 9.36. The van der Waals surface area contributed by atoms with E-state index >= 15 is 13.2 Å². The van der Waals surface area contributed by atoms with Gasteiger partial charge in [0.1, 0.15) is 0 Å². The van der Waals surface area contributed by atoms with Crippen molar-refractivity contribution in [1.82, 2.24) is 0 Å². The van der Waals surface area contributed by atoms with Crippen molar-refractivity contribution in [2.45, 2.75) is 17.7 Å². The molecule has 0 aromatic heterocycles. The lowest BCUT2D eigenvalue weighted by Gasteiger charge is -2.38. The minimum atomic E-state index is -4.73. The average molecular weight is 536 g/mol. The minimum absolute atomic E-state index is 0.331. The topological polar surface area (TPSA) is 12.5 Å². The van der Waals surface area contributed by atoms with Gasteiger partial charge in [0.05, 0.1) is 17.3 Å². The van der Waals surface area contributed by atoms with E-state index in [1.54, 1.807) is 109 Å². The van der Waals surface area contributed by atoms with Crippen LogP contribution >= 0.6 is 15.9 Å². The number of hydrogen-bond donors (Lipinski definition) is 0. The van der Waals surface area contributed by atoms with Crippen LogP contribution in [0.1, 0.15) is 22.6 Å². The number of hydroxylamine groups is 1. The second-order valence-corrected chi connectivity index (χ2v) is 9.22. The summed E-state index contributed by atoms with van der Waals surface area (Å²) in [5, 5.41) is 1.30. The van der Waals surface area contributed by atoms with Crippen LogP contribution in [0.5, 0.6) is 0 Å². The van der Waals surface area contributed by atoms with Crippen LogP contribution in [0.3, 0.4) is 0 Å². The number of halogens is 4. The standard InChI is InChI=1S/C29H21BrF3NO/c30-24-18-16-21(17-19-24)26-20-28(29(31,32)33,35-34(26)25-14-8-3-9-15-25)27(22-10-4-1-5-11-22)23-12-6-2-7-13-23/h1-20,27H. The molecule has 1 aliphatic rings. The zero-order valence-corrected chi connectivity index (χ0v) is 20.1. The molecule has 4 aromatic rings. The Morgan fingerprint density at radius 1 is 0.686 bits per heavy atom. The SMILES string of the molecule is FC(F)(F)C1(C(c2ccccc2)c2ccccc2)C=C(c2ccc(Br)cc2)N(c2ccccc2)O1. The van der Waals surface area contributed by atoms with Crippen molar-refractivity contribution in [2.24, 2.45) is 0 Å². The van der Waals surface area contributed by atoms with Gasteiger partial charge in [-0.3, -0.25) is 0 Å². The molecule has 0 N–H and O–H groups in total. The summed E-state index contributed by atoms with van der Waals surface area (Å²) in [6.45, 7) is 0. The molecule has 1 heterocycles. The summed E-state index contributed by atoms with van der Waals surface area (Å²) in [6, 6.07) is 33.4. The van der Waals surface area contributed by atoms with Crippen molar-refractivity contribution >= 4 is 27.3 Å². The number of benzene rings is 4. The Balaban J connectivity index is 1.77. The summed E-state index contributed by atoms with van der Waals surface area (Å²) in [4.78, 5) is 6.07. The monoisotopic (exact) mass is 535 g/mol. The van der Waals surface area contributed by atoms with Crippen LogP contribution in [0.2, 0.25) is 0 Å². The predicted octanol–water partition coefficient (Wildman–Crippen LogP) is 8.38. The van der Waals surface area contributed by atoms with Gasteiger partial charge < -0.3 is 0 Å². The summed E-state index contributed by atoms with van der Waals surface area (Å²) < 4.78 is 46.7. The highest BCUT2D eigenvalue weighted by Gasteiger charge is 2.65. The Morgan fingerprint density at radius 2 is 1.17 bits per heavy atom. The molecule has 4 aromatic carbocycles. The fraction of sp³-hybridized carbons (Fsp3) is 0.103. The van der Waals surface area contributed by atoms with Crippen LogP contribution in [0, 0.1) is 0 Å². The van der Waals surface area contributed by atoms with E-state index in [-0.39, 0.29) is 0 Å². The lowest BCUT2D eigenvalue weighted by Crippen LogP contribution is -2.51. The van der Waals surface area contributed by atoms with Gasteiger partial charge in [0.15, 0.2) is 0 Å². The third kappa shape index (κ3) is 4.40. The lowest BCUT2D eigenvalue weighted by molar-refractivity contribution is -0.257. The third-order valence-electron chi connectivity index (χ3n) is 6.08. The highest BCUT2D eigenvalue weighted by molar-refractivity contribution is 9.10. The zero-order valence-electron chi connectivity index (χ0n) is 18.5. The molecule has 0 amide bonds. The summed E-state index contributed by atoms with van der Waals surface area (Å²) in [6.07, 6.45) is -3.50. The van der Waals surface area contributed by atoms with Crippen LogP contribution in [-0.2, 0) is 4.84 Å². The Hall–Kier alpha value is -3.35. The number of para-hydroxylation sites is 1. The number of nitrogens with zero attached hydrogens (tertiary/aromatic N) is 1. The zero-order chi connectivity index (χ0) is 24.5. The molecule has 0 fully saturated rings. The molecule has 0 aliphatic carbocycles. The number of hydrogen-bond acceptors (Lipinski definition) is 2. The summed E-state index contributed by atoms with van der Waals surface area (Å²) in [7, 11) is 0. The van der Waals surface area contributed by atoms with E-state index in [9.17, 15) is 0 Å². The Kier molecular flexibility index (Phi) is 6.26. The van der Waals surface area contributed by atoms with Gasteiger partial charge in [-0.05, 0) is 41.5 Å². The molecule has 2 nitrogen and oxygen atoms in total. The van der Waals surface area contributed by atoms with E-state index in [4.69, 9.17) is 4.84 Å². The van der Waals surface area contributed by atoms with Gasteiger partial charge in [0.2, 0.25) is 5.60 Å². The summed E-state index contributed by atoms with van der Waals surface area (Å²) >= 11 is 3.41. The van der Waals surface area contributed by atoms with Crippen molar-refractivity contribution in [3.63, 3.8) is 0 Å². The largest absolute Gasteiger partial charge is 0.424 e. The lowest BCUT2D eigenvalue weighted by atomic mass is 9.76. The fourth-order valence-electron chi connectivity index (χ4n) is 4.48. The maximum absolute atomic E-state index is 15.3. The quantitative estimate of drug-likeness (QED) is 0.254. The van der Waals surface area contributed by atoms with Crippen molar-refractivity contribution in [3.05, 3.63) is 143 Å². The molecule has 5 rings (SSSR count). The van der Waals surface area contributed by atoms with Crippen LogP contribution < -0.4 is 5.06 Å². The molecule has 0 saturated carbocycles. The highest BCUT2D eigenvalue weighted by Crippen LogP contribution is 2.54. The van der Waals surface area contributed by atoms with Gasteiger partial charge in [-0.2, -0.15) is 13.2 Å². The molecule has 6 heteroatoms. The summed E-state index contributed by atoms with van der Waals surface area (Å²) in [5.74, 6) is -1.14. The predicted molar refractivity (Wildman–Crippen MR) is 136 cm³/mol. The molecule has 1 unspecified atom stereocenters. The van der Waals surface area contributed by atoms with Crippen molar-refractivity contribution in [2.75, 3.05) is 5.06 Å².